The third kappa shape index (κ3) is 5.72. The molecule has 1 aromatic rings. The van der Waals surface area contributed by atoms with E-state index >= 15 is 0 Å². The quantitative estimate of drug-likeness (QED) is 0.580. The second-order valence-electron chi connectivity index (χ2n) is 7.56. The molecule has 168 valence electrons. The van der Waals surface area contributed by atoms with Crippen molar-refractivity contribution in [1.29, 1.82) is 0 Å². The number of esters is 1. The number of hydrogen-bond acceptors (Lipinski definition) is 6. The van der Waals surface area contributed by atoms with E-state index in [1.807, 2.05) is 0 Å². The maximum atomic E-state index is 13.2. The topological polar surface area (TPSA) is 93.2 Å². The van der Waals surface area contributed by atoms with Crippen LogP contribution in [0.5, 0.6) is 0 Å². The maximum Gasteiger partial charge on any atom is 0.325 e. The highest BCUT2D eigenvalue weighted by atomic mass is 35.5. The summed E-state index contributed by atoms with van der Waals surface area (Å²) in [6, 6.07) is 3.82. The van der Waals surface area contributed by atoms with E-state index in [0.717, 1.165) is 0 Å². The van der Waals surface area contributed by atoms with Gasteiger partial charge in [0.05, 0.1) is 23.8 Å². The Morgan fingerprint density at radius 2 is 1.87 bits per heavy atom. The van der Waals surface area contributed by atoms with Gasteiger partial charge >= 0.3 is 5.97 Å². The van der Waals surface area contributed by atoms with Crippen molar-refractivity contribution in [2.75, 3.05) is 26.2 Å². The van der Waals surface area contributed by atoms with Crippen LogP contribution in [0.3, 0.4) is 0 Å². The van der Waals surface area contributed by atoms with Crippen LogP contribution in [0.4, 0.5) is 0 Å². The zero-order valence-corrected chi connectivity index (χ0v) is 19.5. The van der Waals surface area contributed by atoms with Crippen LogP contribution in [0, 0.1) is 0 Å². The Balaban J connectivity index is 2.37. The third-order valence-corrected chi connectivity index (χ3v) is 6.98. The van der Waals surface area contributed by atoms with Crippen molar-refractivity contribution in [3.05, 3.63) is 28.8 Å². The molecule has 1 aliphatic heterocycles. The number of rotatable bonds is 7. The Hall–Kier alpha value is -1.68. The molecule has 0 radical (unpaired) electrons. The summed E-state index contributed by atoms with van der Waals surface area (Å²) in [5.41, 5.74) is 0.130. The molecule has 1 amide bonds. The molecule has 1 saturated heterocycles. The van der Waals surface area contributed by atoms with Gasteiger partial charge in [-0.05, 0) is 52.8 Å². The Morgan fingerprint density at radius 1 is 1.27 bits per heavy atom. The van der Waals surface area contributed by atoms with Gasteiger partial charge in [0.1, 0.15) is 11.4 Å². The minimum Gasteiger partial charge on any atom is -0.465 e. The van der Waals surface area contributed by atoms with Crippen LogP contribution in [-0.4, -0.2) is 74.0 Å². The molecule has 0 spiro atoms. The molecule has 1 aromatic carbocycles. The number of amides is 1. The number of morpholine rings is 1. The number of carbonyl (C=O) groups is 2. The van der Waals surface area contributed by atoms with Crippen molar-refractivity contribution in [3.8, 4) is 0 Å². The van der Waals surface area contributed by atoms with Gasteiger partial charge in [0.2, 0.25) is 10.0 Å². The first-order valence-electron chi connectivity index (χ1n) is 9.89. The lowest BCUT2D eigenvalue weighted by molar-refractivity contribution is -0.144. The van der Waals surface area contributed by atoms with Gasteiger partial charge in [0.25, 0.3) is 5.91 Å². The lowest BCUT2D eigenvalue weighted by Crippen LogP contribution is -2.48. The molecule has 0 bridgehead atoms. The van der Waals surface area contributed by atoms with Crippen molar-refractivity contribution in [2.24, 2.45) is 0 Å². The first-order chi connectivity index (χ1) is 14.0. The fraction of sp³-hybridized carbons (Fsp3) is 0.600. The van der Waals surface area contributed by atoms with Gasteiger partial charge in [0, 0.05) is 24.7 Å². The van der Waals surface area contributed by atoms with E-state index in [1.54, 1.807) is 34.6 Å². The fourth-order valence-electron chi connectivity index (χ4n) is 3.30. The van der Waals surface area contributed by atoms with Crippen LogP contribution >= 0.6 is 11.6 Å². The van der Waals surface area contributed by atoms with Crippen LogP contribution in [0.15, 0.2) is 23.1 Å². The number of benzene rings is 1. The number of hydrogen-bond donors (Lipinski definition) is 0. The molecule has 0 saturated carbocycles. The van der Waals surface area contributed by atoms with Crippen molar-refractivity contribution in [2.45, 2.75) is 57.8 Å². The molecule has 10 heteroatoms. The van der Waals surface area contributed by atoms with Crippen LogP contribution in [-0.2, 0) is 24.3 Å². The van der Waals surface area contributed by atoms with Crippen LogP contribution in [0.1, 0.15) is 45.0 Å². The molecule has 2 rings (SSSR count). The molecule has 1 aliphatic rings. The lowest BCUT2D eigenvalue weighted by Gasteiger charge is -2.34. The van der Waals surface area contributed by atoms with E-state index in [2.05, 4.69) is 0 Å². The van der Waals surface area contributed by atoms with Crippen LogP contribution < -0.4 is 0 Å². The normalized spacial score (nSPS) is 20.2. The number of carbonyl (C=O) groups excluding carboxylic acids is 2. The highest BCUT2D eigenvalue weighted by Crippen LogP contribution is 2.28. The molecular formula is C20H29ClN2O6S. The molecule has 1 fully saturated rings. The van der Waals surface area contributed by atoms with Crippen molar-refractivity contribution < 1.29 is 27.5 Å². The number of ether oxygens (including phenoxy) is 2. The average Bonchev–Trinajstić information content (AvgIpc) is 2.65. The SMILES string of the molecule is CCOC(=O)CN(C(=O)c1ccc(Cl)c(S(=O)(=O)N2CC(C)OC(C)C2)c1)C(C)C. The summed E-state index contributed by atoms with van der Waals surface area (Å²) in [6.07, 6.45) is -0.513. The molecule has 0 aromatic heterocycles. The van der Waals surface area contributed by atoms with Gasteiger partial charge in [-0.25, -0.2) is 8.42 Å². The molecule has 30 heavy (non-hydrogen) atoms. The summed E-state index contributed by atoms with van der Waals surface area (Å²) in [4.78, 5) is 26.1. The van der Waals surface area contributed by atoms with Gasteiger partial charge in [-0.3, -0.25) is 9.59 Å². The smallest absolute Gasteiger partial charge is 0.325 e. The van der Waals surface area contributed by atoms with E-state index in [0.29, 0.717) is 0 Å². The van der Waals surface area contributed by atoms with Gasteiger partial charge in [-0.15, -0.1) is 0 Å². The highest BCUT2D eigenvalue weighted by Gasteiger charge is 2.34. The minimum atomic E-state index is -3.93. The van der Waals surface area contributed by atoms with Crippen molar-refractivity contribution >= 4 is 33.5 Å². The lowest BCUT2D eigenvalue weighted by atomic mass is 10.1. The molecule has 0 N–H and O–H groups in total. The predicted octanol–water partition coefficient (Wildman–Crippen LogP) is 2.55. The number of nitrogens with zero attached hydrogens (tertiary/aromatic N) is 2. The average molecular weight is 461 g/mol. The molecular weight excluding hydrogens is 432 g/mol. The Kier molecular flexibility index (Phi) is 8.27. The second kappa shape index (κ2) is 10.1. The Labute approximate surface area is 183 Å². The number of halogens is 1. The summed E-state index contributed by atoms with van der Waals surface area (Å²) >= 11 is 6.21. The zero-order chi connectivity index (χ0) is 22.6. The Morgan fingerprint density at radius 3 is 2.40 bits per heavy atom. The largest absolute Gasteiger partial charge is 0.465 e. The van der Waals surface area contributed by atoms with Crippen LogP contribution in [0.2, 0.25) is 5.02 Å². The van der Waals surface area contributed by atoms with E-state index in [9.17, 15) is 18.0 Å². The molecule has 2 unspecified atom stereocenters. The van der Waals surface area contributed by atoms with E-state index in [4.69, 9.17) is 21.1 Å². The molecule has 2 atom stereocenters. The summed E-state index contributed by atoms with van der Waals surface area (Å²) in [7, 11) is -3.93. The first-order valence-corrected chi connectivity index (χ1v) is 11.7. The monoisotopic (exact) mass is 460 g/mol. The summed E-state index contributed by atoms with van der Waals surface area (Å²) < 4.78 is 38.3. The van der Waals surface area contributed by atoms with E-state index in [-0.39, 0.29) is 60.0 Å². The van der Waals surface area contributed by atoms with Crippen molar-refractivity contribution in [3.63, 3.8) is 0 Å². The predicted molar refractivity (Wildman–Crippen MR) is 113 cm³/mol. The second-order valence-corrected chi connectivity index (χ2v) is 9.87. The summed E-state index contributed by atoms with van der Waals surface area (Å²) in [5, 5.41) is 0.0276. The van der Waals surface area contributed by atoms with Gasteiger partial charge < -0.3 is 14.4 Å². The van der Waals surface area contributed by atoms with Gasteiger partial charge in [0.15, 0.2) is 0 Å². The molecule has 8 nitrogen and oxygen atoms in total. The first kappa shape index (κ1) is 24.6. The van der Waals surface area contributed by atoms with Gasteiger partial charge in [-0.1, -0.05) is 11.6 Å². The van der Waals surface area contributed by atoms with Gasteiger partial charge in [-0.2, -0.15) is 4.31 Å². The third-order valence-electron chi connectivity index (χ3n) is 4.67. The van der Waals surface area contributed by atoms with E-state index in [1.165, 1.54) is 27.4 Å². The fourth-order valence-corrected chi connectivity index (χ4v) is 5.39. The summed E-state index contributed by atoms with van der Waals surface area (Å²) in [5.74, 6) is -1.01. The maximum absolute atomic E-state index is 13.2. The zero-order valence-electron chi connectivity index (χ0n) is 17.9. The number of sulfonamides is 1. The Bertz CT molecular complexity index is 879. The van der Waals surface area contributed by atoms with Crippen molar-refractivity contribution in [1.82, 2.24) is 9.21 Å². The minimum absolute atomic E-state index is 0.0276. The van der Waals surface area contributed by atoms with Crippen LogP contribution in [0.25, 0.3) is 0 Å². The van der Waals surface area contributed by atoms with E-state index < -0.39 is 21.9 Å². The standard InChI is InChI=1S/C20H29ClN2O6S/c1-6-28-19(24)12-23(13(2)3)20(25)16-7-8-17(21)18(9-16)30(26,27)22-10-14(4)29-15(5)11-22/h7-9,13-15H,6,10-12H2,1-5H3. The summed E-state index contributed by atoms with van der Waals surface area (Å²) in [6.45, 7) is 9.19. The molecule has 0 aliphatic carbocycles. The molecule has 1 heterocycles. The highest BCUT2D eigenvalue weighted by molar-refractivity contribution is 7.89.